The third-order valence-corrected chi connectivity index (χ3v) is 6.86. The molecule has 0 aliphatic carbocycles. The van der Waals surface area contributed by atoms with Crippen molar-refractivity contribution in [1.29, 1.82) is 0 Å². The van der Waals surface area contributed by atoms with E-state index in [1.165, 1.54) is 4.90 Å². The summed E-state index contributed by atoms with van der Waals surface area (Å²) in [6, 6.07) is 29.1. The first-order valence-electron chi connectivity index (χ1n) is 11.5. The predicted octanol–water partition coefficient (Wildman–Crippen LogP) is 5.40. The molecule has 0 saturated carbocycles. The van der Waals surface area contributed by atoms with Gasteiger partial charge in [-0.3, -0.25) is 15.0 Å². The lowest BCUT2D eigenvalue weighted by Gasteiger charge is -2.24. The highest BCUT2D eigenvalue weighted by Crippen LogP contribution is 2.25. The lowest BCUT2D eigenvalue weighted by atomic mass is 10.2. The van der Waals surface area contributed by atoms with Crippen LogP contribution in [0.3, 0.4) is 0 Å². The van der Waals surface area contributed by atoms with Gasteiger partial charge >= 0.3 is 6.03 Å². The van der Waals surface area contributed by atoms with E-state index in [9.17, 15) is 23.3 Å². The molecule has 4 aromatic carbocycles. The zero-order valence-electron chi connectivity index (χ0n) is 20.1. The molecule has 0 aromatic heterocycles. The van der Waals surface area contributed by atoms with E-state index < -0.39 is 21.0 Å². The van der Waals surface area contributed by atoms with E-state index in [0.29, 0.717) is 22.9 Å². The fourth-order valence-electron chi connectivity index (χ4n) is 3.50. The van der Waals surface area contributed by atoms with Crippen molar-refractivity contribution in [3.8, 4) is 11.5 Å². The number of hydrogen-bond donors (Lipinski definition) is 2. The fraction of sp³-hybridized carbons (Fsp3) is 0.0741. The Labute approximate surface area is 219 Å². The molecule has 0 saturated heterocycles. The Morgan fingerprint density at radius 2 is 1.39 bits per heavy atom. The summed E-state index contributed by atoms with van der Waals surface area (Å²) in [5.41, 5.74) is 0.888. The molecule has 0 radical (unpaired) electrons. The number of sulfonamides is 1. The van der Waals surface area contributed by atoms with Gasteiger partial charge in [0.25, 0.3) is 5.69 Å². The minimum atomic E-state index is -3.96. The van der Waals surface area contributed by atoms with Gasteiger partial charge in [0.1, 0.15) is 11.5 Å². The summed E-state index contributed by atoms with van der Waals surface area (Å²) in [4.78, 5) is 24.7. The number of nitro benzene ring substituents is 1. The summed E-state index contributed by atoms with van der Waals surface area (Å²) in [7, 11) is -3.96. The molecule has 2 amide bonds. The van der Waals surface area contributed by atoms with Crippen molar-refractivity contribution < 1.29 is 22.9 Å². The number of benzene rings is 4. The largest absolute Gasteiger partial charge is 0.457 e. The van der Waals surface area contributed by atoms with E-state index in [0.717, 1.165) is 24.3 Å². The molecule has 0 bridgehead atoms. The minimum Gasteiger partial charge on any atom is -0.457 e. The van der Waals surface area contributed by atoms with Crippen LogP contribution in [0.4, 0.5) is 21.9 Å². The van der Waals surface area contributed by atoms with Crippen molar-refractivity contribution in [2.45, 2.75) is 4.90 Å². The van der Waals surface area contributed by atoms with Crippen molar-refractivity contribution in [3.63, 3.8) is 0 Å². The summed E-state index contributed by atoms with van der Waals surface area (Å²) in [6.07, 6.45) is 0. The van der Waals surface area contributed by atoms with Gasteiger partial charge in [0.15, 0.2) is 0 Å². The van der Waals surface area contributed by atoms with Gasteiger partial charge in [0.05, 0.1) is 9.82 Å². The van der Waals surface area contributed by atoms with Gasteiger partial charge < -0.3 is 10.1 Å². The number of rotatable bonds is 10. The number of carbonyl (C=O) groups excluding carboxylic acids is 1. The highest BCUT2D eigenvalue weighted by Gasteiger charge is 2.19. The first-order valence-corrected chi connectivity index (χ1v) is 13.0. The Kier molecular flexibility index (Phi) is 8.31. The molecule has 0 aliphatic rings. The molecule has 0 heterocycles. The van der Waals surface area contributed by atoms with E-state index in [-0.39, 0.29) is 23.7 Å². The molecule has 11 heteroatoms. The SMILES string of the molecule is O=C(Nc1ccccc1)N(CCNS(=O)(=O)c1ccc([N+](=O)[O-])cc1)c1ccc(Oc2ccccc2)cc1. The van der Waals surface area contributed by atoms with Crippen LogP contribution in [0.1, 0.15) is 0 Å². The van der Waals surface area contributed by atoms with E-state index in [1.807, 2.05) is 36.4 Å². The molecule has 0 spiro atoms. The van der Waals surface area contributed by atoms with Gasteiger partial charge in [0, 0.05) is 36.6 Å². The van der Waals surface area contributed by atoms with Gasteiger partial charge in [0.2, 0.25) is 10.0 Å². The molecular weight excluding hydrogens is 508 g/mol. The average Bonchev–Trinajstić information content (AvgIpc) is 2.93. The predicted molar refractivity (Wildman–Crippen MR) is 144 cm³/mol. The van der Waals surface area contributed by atoms with Crippen LogP contribution < -0.4 is 19.7 Å². The summed E-state index contributed by atoms with van der Waals surface area (Å²) in [5, 5.41) is 13.6. The number of anilines is 2. The van der Waals surface area contributed by atoms with Crippen molar-refractivity contribution in [2.75, 3.05) is 23.3 Å². The van der Waals surface area contributed by atoms with E-state index >= 15 is 0 Å². The van der Waals surface area contributed by atoms with Crippen molar-refractivity contribution in [1.82, 2.24) is 4.72 Å². The maximum atomic E-state index is 13.2. The maximum Gasteiger partial charge on any atom is 0.326 e. The molecule has 194 valence electrons. The Morgan fingerprint density at radius 1 is 0.816 bits per heavy atom. The monoisotopic (exact) mass is 532 g/mol. The smallest absolute Gasteiger partial charge is 0.326 e. The quantitative estimate of drug-likeness (QED) is 0.208. The van der Waals surface area contributed by atoms with Crippen molar-refractivity contribution >= 4 is 33.1 Å². The number of nitrogens with zero attached hydrogens (tertiary/aromatic N) is 2. The van der Waals surface area contributed by atoms with Gasteiger partial charge in [-0.05, 0) is 60.7 Å². The first kappa shape index (κ1) is 26.3. The van der Waals surface area contributed by atoms with E-state index in [2.05, 4.69) is 10.0 Å². The molecular formula is C27H24N4O6S. The summed E-state index contributed by atoms with van der Waals surface area (Å²) < 4.78 is 33.6. The number of amides is 2. The van der Waals surface area contributed by atoms with Gasteiger partial charge in [-0.25, -0.2) is 17.9 Å². The highest BCUT2D eigenvalue weighted by molar-refractivity contribution is 7.89. The number of ether oxygens (including phenoxy) is 1. The molecule has 0 atom stereocenters. The van der Waals surface area contributed by atoms with Crippen LogP contribution in [-0.4, -0.2) is 32.5 Å². The zero-order chi connectivity index (χ0) is 27.0. The average molecular weight is 533 g/mol. The van der Waals surface area contributed by atoms with Crippen LogP contribution in [0, 0.1) is 10.1 Å². The van der Waals surface area contributed by atoms with E-state index in [4.69, 9.17) is 4.74 Å². The number of nitro groups is 1. The topological polar surface area (TPSA) is 131 Å². The van der Waals surface area contributed by atoms with Gasteiger partial charge in [-0.15, -0.1) is 0 Å². The lowest BCUT2D eigenvalue weighted by Crippen LogP contribution is -2.41. The van der Waals surface area contributed by atoms with Crippen LogP contribution in [0.25, 0.3) is 0 Å². The molecule has 2 N–H and O–H groups in total. The summed E-state index contributed by atoms with van der Waals surface area (Å²) in [6.45, 7) is -0.104. The second-order valence-electron chi connectivity index (χ2n) is 8.01. The van der Waals surface area contributed by atoms with Crippen molar-refractivity contribution in [3.05, 3.63) is 119 Å². The number of para-hydroxylation sites is 2. The van der Waals surface area contributed by atoms with Crippen LogP contribution >= 0.6 is 0 Å². The minimum absolute atomic E-state index is 0.00374. The van der Waals surface area contributed by atoms with Crippen LogP contribution in [0.5, 0.6) is 11.5 Å². The molecule has 0 unspecified atom stereocenters. The Hall–Kier alpha value is -4.74. The molecule has 10 nitrogen and oxygen atoms in total. The highest BCUT2D eigenvalue weighted by atomic mass is 32.2. The third kappa shape index (κ3) is 6.93. The Bertz CT molecular complexity index is 1480. The van der Waals surface area contributed by atoms with Crippen LogP contribution in [0.15, 0.2) is 114 Å². The van der Waals surface area contributed by atoms with Crippen LogP contribution in [0.2, 0.25) is 0 Å². The Balaban J connectivity index is 1.48. The van der Waals surface area contributed by atoms with Gasteiger partial charge in [-0.1, -0.05) is 36.4 Å². The van der Waals surface area contributed by atoms with Gasteiger partial charge in [-0.2, -0.15) is 0 Å². The first-order chi connectivity index (χ1) is 18.3. The Morgan fingerprint density at radius 3 is 2.00 bits per heavy atom. The number of hydrogen-bond acceptors (Lipinski definition) is 6. The number of carbonyl (C=O) groups is 1. The number of nitrogens with one attached hydrogen (secondary N) is 2. The molecule has 38 heavy (non-hydrogen) atoms. The van der Waals surface area contributed by atoms with E-state index in [1.54, 1.807) is 48.5 Å². The maximum absolute atomic E-state index is 13.2. The number of urea groups is 1. The normalized spacial score (nSPS) is 10.9. The standard InChI is InChI=1S/C27H24N4O6S/c32-27(29-21-7-3-1-4-8-21)30(22-11-15-25(16-12-22)37-24-9-5-2-6-10-24)20-19-28-38(35,36)26-17-13-23(14-18-26)31(33)34/h1-18,28H,19-20H2,(H,29,32). The third-order valence-electron chi connectivity index (χ3n) is 5.38. The second-order valence-corrected chi connectivity index (χ2v) is 9.77. The van der Waals surface area contributed by atoms with Crippen molar-refractivity contribution in [2.24, 2.45) is 0 Å². The van der Waals surface area contributed by atoms with Crippen LogP contribution in [-0.2, 0) is 10.0 Å². The lowest BCUT2D eigenvalue weighted by molar-refractivity contribution is -0.384. The molecule has 0 fully saturated rings. The second kappa shape index (κ2) is 12.0. The molecule has 0 aliphatic heterocycles. The summed E-state index contributed by atoms with van der Waals surface area (Å²) >= 11 is 0. The zero-order valence-corrected chi connectivity index (χ0v) is 20.9. The fourth-order valence-corrected chi connectivity index (χ4v) is 4.52. The number of non-ortho nitro benzene ring substituents is 1. The summed E-state index contributed by atoms with van der Waals surface area (Å²) in [5.74, 6) is 1.24. The molecule has 4 aromatic rings. The molecule has 4 rings (SSSR count).